The number of aromatic nitrogens is 5. The van der Waals surface area contributed by atoms with Gasteiger partial charge < -0.3 is 15.2 Å². The fraction of sp³-hybridized carbons (Fsp3) is 0.267. The fourth-order valence-corrected chi connectivity index (χ4v) is 3.44. The van der Waals surface area contributed by atoms with E-state index in [1.54, 1.807) is 16.5 Å². The molecule has 0 fully saturated rings. The third-order valence-corrected chi connectivity index (χ3v) is 4.62. The van der Waals surface area contributed by atoms with Crippen LogP contribution in [0, 0.1) is 0 Å². The summed E-state index contributed by atoms with van der Waals surface area (Å²) in [5.41, 5.74) is 6.77. The second-order valence-corrected chi connectivity index (χ2v) is 6.52. The van der Waals surface area contributed by atoms with Gasteiger partial charge in [0.1, 0.15) is 11.4 Å². The lowest BCUT2D eigenvalue weighted by molar-refractivity contribution is 0.0677. The van der Waals surface area contributed by atoms with Gasteiger partial charge in [-0.15, -0.1) is 21.5 Å². The van der Waals surface area contributed by atoms with Gasteiger partial charge in [-0.05, 0) is 19.1 Å². The second kappa shape index (κ2) is 5.68. The Balaban J connectivity index is 1.65. The molecule has 0 aromatic carbocycles. The number of amides is 1. The standard InChI is InChI=1S/C15H15N7OS/c1-9-6-21(14(23)11-8-24-15(16)18-11)7-12-19-20-13(22(9)12)10-4-2-3-5-17-10/h2-5,8-9H,6-7H2,1H3,(H2,16,18)/t9-/m0/s1. The zero-order valence-electron chi connectivity index (χ0n) is 13.0. The Bertz CT molecular complexity index is 888. The highest BCUT2D eigenvalue weighted by Crippen LogP contribution is 2.27. The summed E-state index contributed by atoms with van der Waals surface area (Å²) in [4.78, 5) is 22.7. The van der Waals surface area contributed by atoms with Crippen LogP contribution in [-0.4, -0.2) is 42.1 Å². The number of carbonyl (C=O) groups is 1. The van der Waals surface area contributed by atoms with Gasteiger partial charge in [-0.3, -0.25) is 9.78 Å². The van der Waals surface area contributed by atoms with Crippen LogP contribution in [-0.2, 0) is 6.54 Å². The molecule has 1 aliphatic heterocycles. The van der Waals surface area contributed by atoms with Crippen LogP contribution in [0.15, 0.2) is 29.8 Å². The van der Waals surface area contributed by atoms with Gasteiger partial charge in [0.15, 0.2) is 16.8 Å². The lowest BCUT2D eigenvalue weighted by atomic mass is 10.2. The molecule has 0 aliphatic carbocycles. The van der Waals surface area contributed by atoms with Crippen molar-refractivity contribution >= 4 is 22.4 Å². The maximum Gasteiger partial charge on any atom is 0.273 e. The molecule has 0 saturated heterocycles. The van der Waals surface area contributed by atoms with E-state index in [1.807, 2.05) is 29.7 Å². The molecule has 4 heterocycles. The van der Waals surface area contributed by atoms with Crippen LogP contribution in [0.2, 0.25) is 0 Å². The minimum absolute atomic E-state index is 0.0423. The fourth-order valence-electron chi connectivity index (χ4n) is 2.90. The van der Waals surface area contributed by atoms with E-state index < -0.39 is 0 Å². The first kappa shape index (κ1) is 14.8. The van der Waals surface area contributed by atoms with E-state index in [4.69, 9.17) is 5.73 Å². The lowest BCUT2D eigenvalue weighted by Crippen LogP contribution is -2.40. The largest absolute Gasteiger partial charge is 0.375 e. The molecular weight excluding hydrogens is 326 g/mol. The Kier molecular flexibility index (Phi) is 3.49. The number of nitrogens with zero attached hydrogens (tertiary/aromatic N) is 6. The van der Waals surface area contributed by atoms with E-state index in [1.165, 1.54) is 11.3 Å². The van der Waals surface area contributed by atoms with Crippen LogP contribution >= 0.6 is 11.3 Å². The monoisotopic (exact) mass is 341 g/mol. The van der Waals surface area contributed by atoms with E-state index in [0.717, 1.165) is 17.3 Å². The van der Waals surface area contributed by atoms with Crippen molar-refractivity contribution in [3.05, 3.63) is 41.3 Å². The summed E-state index contributed by atoms with van der Waals surface area (Å²) in [7, 11) is 0. The Hall–Kier alpha value is -2.81. The molecule has 1 amide bonds. The van der Waals surface area contributed by atoms with Gasteiger partial charge in [-0.2, -0.15) is 0 Å². The van der Waals surface area contributed by atoms with Gasteiger partial charge in [0.2, 0.25) is 0 Å². The van der Waals surface area contributed by atoms with Gasteiger partial charge in [-0.1, -0.05) is 6.07 Å². The van der Waals surface area contributed by atoms with Gasteiger partial charge >= 0.3 is 0 Å². The molecule has 0 radical (unpaired) electrons. The normalized spacial score (nSPS) is 16.9. The number of nitrogens with two attached hydrogens (primary N) is 1. The Morgan fingerprint density at radius 2 is 2.25 bits per heavy atom. The first-order chi connectivity index (χ1) is 11.6. The SMILES string of the molecule is C[C@H]1CN(C(=O)c2csc(N)n2)Cc2nnc(-c3ccccn3)n21. The smallest absolute Gasteiger partial charge is 0.273 e. The van der Waals surface area contributed by atoms with Gasteiger partial charge in [0, 0.05) is 18.1 Å². The summed E-state index contributed by atoms with van der Waals surface area (Å²) in [6.45, 7) is 2.98. The molecular formula is C15H15N7OS. The third kappa shape index (κ3) is 2.42. The maximum absolute atomic E-state index is 12.6. The summed E-state index contributed by atoms with van der Waals surface area (Å²) >= 11 is 1.26. The summed E-state index contributed by atoms with van der Waals surface area (Å²) in [5.74, 6) is 1.33. The second-order valence-electron chi connectivity index (χ2n) is 5.63. The Morgan fingerprint density at radius 3 is 2.96 bits per heavy atom. The van der Waals surface area contributed by atoms with Crippen molar-refractivity contribution in [1.82, 2.24) is 29.6 Å². The van der Waals surface area contributed by atoms with Crippen molar-refractivity contribution in [3.8, 4) is 11.5 Å². The van der Waals surface area contributed by atoms with Crippen molar-refractivity contribution in [2.24, 2.45) is 0 Å². The first-order valence-electron chi connectivity index (χ1n) is 7.49. The third-order valence-electron chi connectivity index (χ3n) is 3.95. The van der Waals surface area contributed by atoms with E-state index >= 15 is 0 Å². The number of hydrogen-bond acceptors (Lipinski definition) is 7. The molecule has 3 aromatic rings. The summed E-state index contributed by atoms with van der Waals surface area (Å²) < 4.78 is 2.04. The Labute approximate surface area is 142 Å². The van der Waals surface area contributed by atoms with E-state index in [2.05, 4.69) is 20.2 Å². The molecule has 2 N–H and O–H groups in total. The number of anilines is 1. The van der Waals surface area contributed by atoms with Crippen molar-refractivity contribution in [2.45, 2.75) is 19.5 Å². The topological polar surface area (TPSA) is 103 Å². The summed E-state index contributed by atoms with van der Waals surface area (Å²) in [6, 6.07) is 5.72. The minimum Gasteiger partial charge on any atom is -0.375 e. The van der Waals surface area contributed by atoms with E-state index in [9.17, 15) is 4.79 Å². The van der Waals surface area contributed by atoms with E-state index in [-0.39, 0.29) is 11.9 Å². The number of fused-ring (bicyclic) bond motifs is 1. The predicted molar refractivity (Wildman–Crippen MR) is 89.2 cm³/mol. The summed E-state index contributed by atoms with van der Waals surface area (Å²) in [6.07, 6.45) is 1.73. The molecule has 122 valence electrons. The molecule has 8 nitrogen and oxygen atoms in total. The van der Waals surface area contributed by atoms with Gasteiger partial charge in [0.05, 0.1) is 12.6 Å². The molecule has 0 saturated carbocycles. The number of pyridine rings is 1. The average molecular weight is 341 g/mol. The molecule has 24 heavy (non-hydrogen) atoms. The number of carbonyl (C=O) groups excluding carboxylic acids is 1. The maximum atomic E-state index is 12.6. The molecule has 1 aliphatic rings. The van der Waals surface area contributed by atoms with E-state index in [0.29, 0.717) is 23.9 Å². The van der Waals surface area contributed by atoms with Crippen LogP contribution in [0.1, 0.15) is 29.3 Å². The van der Waals surface area contributed by atoms with Gasteiger partial charge in [0.25, 0.3) is 5.91 Å². The van der Waals surface area contributed by atoms with Crippen LogP contribution < -0.4 is 5.73 Å². The quantitative estimate of drug-likeness (QED) is 0.759. The molecule has 9 heteroatoms. The van der Waals surface area contributed by atoms with Crippen molar-refractivity contribution in [3.63, 3.8) is 0 Å². The molecule has 0 spiro atoms. The molecule has 0 bridgehead atoms. The molecule has 0 unspecified atom stereocenters. The molecule has 4 rings (SSSR count). The van der Waals surface area contributed by atoms with Gasteiger partial charge in [-0.25, -0.2) is 4.98 Å². The molecule has 3 aromatic heterocycles. The Morgan fingerprint density at radius 1 is 1.38 bits per heavy atom. The average Bonchev–Trinajstić information content (AvgIpc) is 3.21. The van der Waals surface area contributed by atoms with Crippen molar-refractivity contribution in [2.75, 3.05) is 12.3 Å². The molecule has 1 atom stereocenters. The highest BCUT2D eigenvalue weighted by molar-refractivity contribution is 7.13. The van der Waals surface area contributed by atoms with Crippen molar-refractivity contribution in [1.29, 1.82) is 0 Å². The number of thiazole rings is 1. The van der Waals surface area contributed by atoms with Crippen LogP contribution in [0.4, 0.5) is 5.13 Å². The highest BCUT2D eigenvalue weighted by atomic mass is 32.1. The zero-order chi connectivity index (χ0) is 16.7. The number of rotatable bonds is 2. The summed E-state index contributed by atoms with van der Waals surface area (Å²) in [5, 5.41) is 10.6. The minimum atomic E-state index is -0.136. The zero-order valence-corrected chi connectivity index (χ0v) is 13.8. The van der Waals surface area contributed by atoms with Crippen molar-refractivity contribution < 1.29 is 4.79 Å². The van der Waals surface area contributed by atoms with Crippen LogP contribution in [0.25, 0.3) is 11.5 Å². The first-order valence-corrected chi connectivity index (χ1v) is 8.37. The number of nitrogen functional groups attached to an aromatic ring is 1. The predicted octanol–water partition coefficient (Wildman–Crippen LogP) is 1.60. The lowest BCUT2D eigenvalue weighted by Gasteiger charge is -2.32. The highest BCUT2D eigenvalue weighted by Gasteiger charge is 2.31. The number of hydrogen-bond donors (Lipinski definition) is 1. The van der Waals surface area contributed by atoms with Crippen LogP contribution in [0.5, 0.6) is 0 Å². The van der Waals surface area contributed by atoms with Crippen LogP contribution in [0.3, 0.4) is 0 Å².